The standard InChI is InChI=1S/C19H22N4O4S4/c1-4-23(5-2)31(25,26)16-11-13(8-9-15(16)27-3)17(24)20-18-21-22-19(30-18)29-12-14-7-6-10-28-14/h6-11H,4-5,12H2,1-3H3,(H,20,21,24). The second-order valence-corrected chi connectivity index (χ2v) is 11.3. The molecule has 0 bridgehead atoms. The van der Waals surface area contributed by atoms with E-state index in [0.29, 0.717) is 18.2 Å². The number of thioether (sulfide) groups is 1. The van der Waals surface area contributed by atoms with Crippen molar-refractivity contribution in [3.05, 3.63) is 46.2 Å². The van der Waals surface area contributed by atoms with Gasteiger partial charge in [0.1, 0.15) is 10.6 Å². The highest BCUT2D eigenvalue weighted by Gasteiger charge is 2.27. The van der Waals surface area contributed by atoms with Gasteiger partial charge in [-0.05, 0) is 29.6 Å². The molecule has 0 saturated carbocycles. The second-order valence-electron chi connectivity index (χ2n) is 6.15. The number of nitrogens with one attached hydrogen (secondary N) is 1. The van der Waals surface area contributed by atoms with Gasteiger partial charge in [0.05, 0.1) is 7.11 Å². The fraction of sp³-hybridized carbons (Fsp3) is 0.316. The number of aromatic nitrogens is 2. The Morgan fingerprint density at radius 1 is 1.23 bits per heavy atom. The number of carbonyl (C=O) groups excluding carboxylic acids is 1. The number of carbonyl (C=O) groups is 1. The molecule has 0 saturated heterocycles. The number of hydrogen-bond donors (Lipinski definition) is 1. The van der Waals surface area contributed by atoms with Crippen molar-refractivity contribution in [2.24, 2.45) is 0 Å². The first-order valence-corrected chi connectivity index (χ1v) is 13.5. The number of amides is 1. The molecule has 0 unspecified atom stereocenters. The van der Waals surface area contributed by atoms with Gasteiger partial charge in [0.15, 0.2) is 4.34 Å². The monoisotopic (exact) mass is 498 g/mol. The van der Waals surface area contributed by atoms with E-state index < -0.39 is 15.9 Å². The minimum atomic E-state index is -3.80. The first-order chi connectivity index (χ1) is 14.9. The predicted octanol–water partition coefficient (Wildman–Crippen LogP) is 4.18. The Morgan fingerprint density at radius 2 is 2.00 bits per heavy atom. The molecule has 31 heavy (non-hydrogen) atoms. The first-order valence-electron chi connectivity index (χ1n) is 9.37. The first kappa shape index (κ1) is 23.7. The van der Waals surface area contributed by atoms with Crippen LogP contribution in [0.3, 0.4) is 0 Å². The summed E-state index contributed by atoms with van der Waals surface area (Å²) in [7, 11) is -2.40. The van der Waals surface area contributed by atoms with E-state index in [-0.39, 0.29) is 16.2 Å². The molecule has 0 atom stereocenters. The largest absolute Gasteiger partial charge is 0.495 e. The summed E-state index contributed by atoms with van der Waals surface area (Å²) < 4.78 is 33.2. The number of ether oxygens (including phenoxy) is 1. The van der Waals surface area contributed by atoms with E-state index in [1.54, 1.807) is 36.9 Å². The highest BCUT2D eigenvalue weighted by Crippen LogP contribution is 2.31. The quantitative estimate of drug-likeness (QED) is 0.330. The number of methoxy groups -OCH3 is 1. The van der Waals surface area contributed by atoms with Crippen LogP contribution in [-0.2, 0) is 15.8 Å². The van der Waals surface area contributed by atoms with Gasteiger partial charge in [0.2, 0.25) is 15.2 Å². The smallest absolute Gasteiger partial charge is 0.257 e. The summed E-state index contributed by atoms with van der Waals surface area (Å²) in [5.41, 5.74) is 0.189. The van der Waals surface area contributed by atoms with Crippen LogP contribution in [0.4, 0.5) is 5.13 Å². The van der Waals surface area contributed by atoms with Gasteiger partial charge < -0.3 is 4.74 Å². The molecule has 2 aromatic heterocycles. The van der Waals surface area contributed by atoms with Crippen molar-refractivity contribution >= 4 is 55.5 Å². The minimum Gasteiger partial charge on any atom is -0.495 e. The van der Waals surface area contributed by atoms with E-state index in [2.05, 4.69) is 21.6 Å². The number of rotatable bonds is 10. The summed E-state index contributed by atoms with van der Waals surface area (Å²) in [6.07, 6.45) is 0. The highest BCUT2D eigenvalue weighted by molar-refractivity contribution is 8.00. The van der Waals surface area contributed by atoms with Gasteiger partial charge >= 0.3 is 0 Å². The van der Waals surface area contributed by atoms with Gasteiger partial charge in [-0.2, -0.15) is 4.31 Å². The molecule has 1 N–H and O–H groups in total. The van der Waals surface area contributed by atoms with Crippen molar-refractivity contribution in [3.8, 4) is 5.75 Å². The second kappa shape index (κ2) is 10.6. The van der Waals surface area contributed by atoms with Gasteiger partial charge in [-0.3, -0.25) is 10.1 Å². The van der Waals surface area contributed by atoms with Crippen LogP contribution in [0.2, 0.25) is 0 Å². The molecule has 166 valence electrons. The molecule has 0 aliphatic carbocycles. The van der Waals surface area contributed by atoms with E-state index in [9.17, 15) is 13.2 Å². The summed E-state index contributed by atoms with van der Waals surface area (Å²) in [4.78, 5) is 13.9. The maximum atomic E-state index is 13.0. The van der Waals surface area contributed by atoms with Crippen LogP contribution >= 0.6 is 34.4 Å². The van der Waals surface area contributed by atoms with Gasteiger partial charge in [-0.25, -0.2) is 8.42 Å². The van der Waals surface area contributed by atoms with Crippen molar-refractivity contribution in [1.82, 2.24) is 14.5 Å². The molecular formula is C19H22N4O4S4. The molecular weight excluding hydrogens is 477 g/mol. The minimum absolute atomic E-state index is 0.0455. The van der Waals surface area contributed by atoms with Crippen LogP contribution in [0.1, 0.15) is 29.1 Å². The molecule has 0 aliphatic rings. The third-order valence-electron chi connectivity index (χ3n) is 4.29. The van der Waals surface area contributed by atoms with Gasteiger partial charge in [0.25, 0.3) is 5.91 Å². The Hall–Kier alpha value is -1.99. The van der Waals surface area contributed by atoms with Crippen molar-refractivity contribution in [3.63, 3.8) is 0 Å². The van der Waals surface area contributed by atoms with Gasteiger partial charge in [0, 0.05) is 29.3 Å². The fourth-order valence-corrected chi connectivity index (χ4v) is 6.90. The van der Waals surface area contributed by atoms with E-state index >= 15 is 0 Å². The Morgan fingerprint density at radius 3 is 2.65 bits per heavy atom. The number of benzene rings is 1. The Kier molecular flexibility index (Phi) is 8.06. The summed E-state index contributed by atoms with van der Waals surface area (Å²) in [5, 5.41) is 13.2. The van der Waals surface area contributed by atoms with Crippen molar-refractivity contribution < 1.29 is 17.9 Å². The number of thiophene rings is 1. The molecule has 0 spiro atoms. The third kappa shape index (κ3) is 5.63. The molecule has 0 aliphatic heterocycles. The molecule has 1 aromatic carbocycles. The number of anilines is 1. The number of nitrogens with zero attached hydrogens (tertiary/aromatic N) is 3. The molecule has 3 aromatic rings. The summed E-state index contributed by atoms with van der Waals surface area (Å²) >= 11 is 4.48. The zero-order chi connectivity index (χ0) is 22.4. The van der Waals surface area contributed by atoms with E-state index in [0.717, 1.165) is 10.1 Å². The normalized spacial score (nSPS) is 11.6. The van der Waals surface area contributed by atoms with Crippen molar-refractivity contribution in [1.29, 1.82) is 0 Å². The third-order valence-corrected chi connectivity index (χ3v) is 9.45. The van der Waals surface area contributed by atoms with Crippen molar-refractivity contribution in [2.75, 3.05) is 25.5 Å². The fourth-order valence-electron chi connectivity index (χ4n) is 2.74. The van der Waals surface area contributed by atoms with Crippen molar-refractivity contribution in [2.45, 2.75) is 28.8 Å². The van der Waals surface area contributed by atoms with Gasteiger partial charge in [-0.1, -0.05) is 43.0 Å². The average Bonchev–Trinajstić information content (AvgIpc) is 3.44. The number of sulfonamides is 1. The van der Waals surface area contributed by atoms with Crippen LogP contribution in [0, 0.1) is 0 Å². The molecule has 2 heterocycles. The molecule has 3 rings (SSSR count). The van der Waals surface area contributed by atoms with Crippen LogP contribution in [0.25, 0.3) is 0 Å². The van der Waals surface area contributed by atoms with Crippen LogP contribution in [0.5, 0.6) is 5.75 Å². The molecule has 0 radical (unpaired) electrons. The lowest BCUT2D eigenvalue weighted by atomic mass is 10.2. The maximum Gasteiger partial charge on any atom is 0.257 e. The Balaban J connectivity index is 1.76. The summed E-state index contributed by atoms with van der Waals surface area (Å²) in [6, 6.07) is 8.37. The Labute approximate surface area is 193 Å². The lowest BCUT2D eigenvalue weighted by Crippen LogP contribution is -2.31. The highest BCUT2D eigenvalue weighted by atomic mass is 32.2. The topological polar surface area (TPSA) is 101 Å². The average molecular weight is 499 g/mol. The van der Waals surface area contributed by atoms with E-state index in [4.69, 9.17) is 4.74 Å². The Bertz CT molecular complexity index is 1130. The molecule has 12 heteroatoms. The van der Waals surface area contributed by atoms with E-state index in [1.807, 2.05) is 11.4 Å². The van der Waals surface area contributed by atoms with Crippen LogP contribution < -0.4 is 10.1 Å². The number of hydrogen-bond acceptors (Lipinski definition) is 9. The zero-order valence-electron chi connectivity index (χ0n) is 17.2. The van der Waals surface area contributed by atoms with E-state index in [1.165, 1.54) is 45.8 Å². The summed E-state index contributed by atoms with van der Waals surface area (Å²) in [6.45, 7) is 4.14. The molecule has 0 fully saturated rings. The summed E-state index contributed by atoms with van der Waals surface area (Å²) in [5.74, 6) is 0.502. The SMILES string of the molecule is CCN(CC)S(=O)(=O)c1cc(C(=O)Nc2nnc(SCc3cccs3)s2)ccc1OC. The van der Waals surface area contributed by atoms with Crippen LogP contribution in [-0.4, -0.2) is 49.0 Å². The maximum absolute atomic E-state index is 13.0. The lowest BCUT2D eigenvalue weighted by molar-refractivity contribution is 0.102. The van der Waals surface area contributed by atoms with Gasteiger partial charge in [-0.15, -0.1) is 21.5 Å². The molecule has 8 nitrogen and oxygen atoms in total. The lowest BCUT2D eigenvalue weighted by Gasteiger charge is -2.20. The predicted molar refractivity (Wildman–Crippen MR) is 125 cm³/mol. The zero-order valence-corrected chi connectivity index (χ0v) is 20.5. The van der Waals surface area contributed by atoms with Crippen LogP contribution in [0.15, 0.2) is 44.9 Å². The molecule has 1 amide bonds.